The van der Waals surface area contributed by atoms with E-state index in [1.807, 2.05) is 36.4 Å². The van der Waals surface area contributed by atoms with E-state index in [0.717, 1.165) is 22.6 Å². The van der Waals surface area contributed by atoms with Crippen LogP contribution in [-0.2, 0) is 6.54 Å². The molecule has 4 heteroatoms. The van der Waals surface area contributed by atoms with Crippen LogP contribution in [0.3, 0.4) is 0 Å². The molecule has 4 nitrogen and oxygen atoms in total. The van der Waals surface area contributed by atoms with Gasteiger partial charge < -0.3 is 15.0 Å². The van der Waals surface area contributed by atoms with Crippen molar-refractivity contribution >= 4 is 11.0 Å². The fourth-order valence-corrected chi connectivity index (χ4v) is 2.35. The highest BCUT2D eigenvalue weighted by Crippen LogP contribution is 2.18. The molecule has 0 aliphatic carbocycles. The summed E-state index contributed by atoms with van der Waals surface area (Å²) in [6.45, 7) is 2.85. The highest BCUT2D eigenvalue weighted by molar-refractivity contribution is 5.74. The van der Waals surface area contributed by atoms with Gasteiger partial charge in [-0.05, 0) is 36.8 Å². The van der Waals surface area contributed by atoms with Crippen LogP contribution in [0.4, 0.5) is 0 Å². The molecule has 0 amide bonds. The molecule has 3 rings (SSSR count). The average Bonchev–Trinajstić information content (AvgIpc) is 2.95. The van der Waals surface area contributed by atoms with Gasteiger partial charge in [0.1, 0.15) is 11.6 Å². The van der Waals surface area contributed by atoms with Gasteiger partial charge in [-0.2, -0.15) is 0 Å². The average molecular weight is 281 g/mol. The largest absolute Gasteiger partial charge is 0.497 e. The molecule has 1 heterocycles. The Morgan fingerprint density at radius 1 is 1.14 bits per heavy atom. The van der Waals surface area contributed by atoms with Crippen molar-refractivity contribution in [1.82, 2.24) is 15.3 Å². The number of hydrogen-bond acceptors (Lipinski definition) is 3. The van der Waals surface area contributed by atoms with E-state index in [-0.39, 0.29) is 6.04 Å². The van der Waals surface area contributed by atoms with Crippen molar-refractivity contribution in [2.24, 2.45) is 0 Å². The van der Waals surface area contributed by atoms with Gasteiger partial charge in [-0.3, -0.25) is 0 Å². The van der Waals surface area contributed by atoms with Crippen LogP contribution in [0.1, 0.15) is 24.4 Å². The van der Waals surface area contributed by atoms with Crippen LogP contribution in [0.2, 0.25) is 0 Å². The second-order valence-electron chi connectivity index (χ2n) is 5.08. The van der Waals surface area contributed by atoms with Gasteiger partial charge in [0.05, 0.1) is 24.7 Å². The minimum Gasteiger partial charge on any atom is -0.497 e. The number of hydrogen-bond donors (Lipinski definition) is 2. The molecule has 1 atom stereocenters. The third-order valence-electron chi connectivity index (χ3n) is 3.63. The number of methoxy groups -OCH3 is 1. The Morgan fingerprint density at radius 3 is 2.62 bits per heavy atom. The minimum atomic E-state index is 0.254. The Morgan fingerprint density at radius 2 is 1.90 bits per heavy atom. The van der Waals surface area contributed by atoms with Crippen LogP contribution >= 0.6 is 0 Å². The van der Waals surface area contributed by atoms with E-state index in [4.69, 9.17) is 4.74 Å². The quantitative estimate of drug-likeness (QED) is 0.753. The molecule has 1 unspecified atom stereocenters. The van der Waals surface area contributed by atoms with Crippen LogP contribution in [0.5, 0.6) is 5.75 Å². The lowest BCUT2D eigenvalue weighted by atomic mass is 10.1. The molecule has 0 bridgehead atoms. The SMILES string of the molecule is COc1ccc(C(C)NCc2nc3ccccc3[nH]2)cc1. The van der Waals surface area contributed by atoms with E-state index in [0.29, 0.717) is 6.54 Å². The zero-order chi connectivity index (χ0) is 14.7. The third kappa shape index (κ3) is 3.06. The molecule has 0 aliphatic heterocycles. The van der Waals surface area contributed by atoms with Crippen molar-refractivity contribution in [3.05, 3.63) is 59.9 Å². The van der Waals surface area contributed by atoms with Crippen molar-refractivity contribution in [3.8, 4) is 5.75 Å². The summed E-state index contributed by atoms with van der Waals surface area (Å²) >= 11 is 0. The first kappa shape index (κ1) is 13.6. The summed E-state index contributed by atoms with van der Waals surface area (Å²) in [5, 5.41) is 3.48. The topological polar surface area (TPSA) is 49.9 Å². The zero-order valence-electron chi connectivity index (χ0n) is 12.3. The lowest BCUT2D eigenvalue weighted by molar-refractivity contribution is 0.414. The third-order valence-corrected chi connectivity index (χ3v) is 3.63. The van der Waals surface area contributed by atoms with Crippen molar-refractivity contribution < 1.29 is 4.74 Å². The van der Waals surface area contributed by atoms with E-state index >= 15 is 0 Å². The second-order valence-corrected chi connectivity index (χ2v) is 5.08. The van der Waals surface area contributed by atoms with Gasteiger partial charge in [0.25, 0.3) is 0 Å². The Labute approximate surface area is 124 Å². The van der Waals surface area contributed by atoms with Gasteiger partial charge in [-0.25, -0.2) is 4.98 Å². The van der Waals surface area contributed by atoms with Gasteiger partial charge in [-0.1, -0.05) is 24.3 Å². The molecule has 0 aliphatic rings. The monoisotopic (exact) mass is 281 g/mol. The van der Waals surface area contributed by atoms with Gasteiger partial charge in [0, 0.05) is 6.04 Å². The fourth-order valence-electron chi connectivity index (χ4n) is 2.35. The van der Waals surface area contributed by atoms with Crippen molar-refractivity contribution in [3.63, 3.8) is 0 Å². The molecule has 0 saturated heterocycles. The number of rotatable bonds is 5. The number of para-hydroxylation sites is 2. The van der Waals surface area contributed by atoms with Gasteiger partial charge >= 0.3 is 0 Å². The maximum atomic E-state index is 5.18. The van der Waals surface area contributed by atoms with E-state index < -0.39 is 0 Å². The molecule has 0 spiro atoms. The van der Waals surface area contributed by atoms with Crippen molar-refractivity contribution in [2.45, 2.75) is 19.5 Å². The molecule has 2 aromatic carbocycles. The molecule has 108 valence electrons. The van der Waals surface area contributed by atoms with E-state index in [9.17, 15) is 0 Å². The molecule has 3 aromatic rings. The maximum Gasteiger partial charge on any atom is 0.121 e. The minimum absolute atomic E-state index is 0.254. The molecule has 0 saturated carbocycles. The molecule has 2 N–H and O–H groups in total. The smallest absolute Gasteiger partial charge is 0.121 e. The Bertz CT molecular complexity index is 685. The molecular weight excluding hydrogens is 262 g/mol. The lowest BCUT2D eigenvalue weighted by Gasteiger charge is -2.13. The number of ether oxygens (including phenoxy) is 1. The van der Waals surface area contributed by atoms with E-state index in [1.165, 1.54) is 5.56 Å². The van der Waals surface area contributed by atoms with Crippen molar-refractivity contribution in [1.29, 1.82) is 0 Å². The molecule has 0 radical (unpaired) electrons. The summed E-state index contributed by atoms with van der Waals surface area (Å²) in [4.78, 5) is 7.89. The number of aromatic amines is 1. The van der Waals surface area contributed by atoms with Gasteiger partial charge in [0.2, 0.25) is 0 Å². The molecular formula is C17H19N3O. The predicted molar refractivity (Wildman–Crippen MR) is 84.3 cm³/mol. The summed E-state index contributed by atoms with van der Waals surface area (Å²) in [6.07, 6.45) is 0. The second kappa shape index (κ2) is 5.97. The van der Waals surface area contributed by atoms with Gasteiger partial charge in [0.15, 0.2) is 0 Å². The number of nitrogens with one attached hydrogen (secondary N) is 2. The number of imidazole rings is 1. The maximum absolute atomic E-state index is 5.18. The van der Waals surface area contributed by atoms with E-state index in [2.05, 4.69) is 34.3 Å². The first-order valence-corrected chi connectivity index (χ1v) is 7.07. The summed E-state index contributed by atoms with van der Waals surface area (Å²) in [5.74, 6) is 1.83. The number of fused-ring (bicyclic) bond motifs is 1. The number of benzene rings is 2. The highest BCUT2D eigenvalue weighted by atomic mass is 16.5. The fraction of sp³-hybridized carbons (Fsp3) is 0.235. The molecule has 1 aromatic heterocycles. The van der Waals surface area contributed by atoms with Crippen molar-refractivity contribution in [2.75, 3.05) is 7.11 Å². The first-order valence-electron chi connectivity index (χ1n) is 7.07. The van der Waals surface area contributed by atoms with Gasteiger partial charge in [-0.15, -0.1) is 0 Å². The van der Waals surface area contributed by atoms with E-state index in [1.54, 1.807) is 7.11 Å². The Balaban J connectivity index is 1.65. The zero-order valence-corrected chi connectivity index (χ0v) is 12.3. The number of aromatic nitrogens is 2. The lowest BCUT2D eigenvalue weighted by Crippen LogP contribution is -2.18. The number of H-pyrrole nitrogens is 1. The van der Waals surface area contributed by atoms with Crippen LogP contribution in [0.15, 0.2) is 48.5 Å². The summed E-state index contributed by atoms with van der Waals surface area (Å²) in [6, 6.07) is 16.4. The first-order chi connectivity index (χ1) is 10.3. The molecule has 0 fully saturated rings. The Hall–Kier alpha value is -2.33. The summed E-state index contributed by atoms with van der Waals surface area (Å²) in [5.41, 5.74) is 3.31. The predicted octanol–water partition coefficient (Wildman–Crippen LogP) is 3.42. The van der Waals surface area contributed by atoms with Crippen LogP contribution in [0, 0.1) is 0 Å². The molecule has 21 heavy (non-hydrogen) atoms. The Kier molecular flexibility index (Phi) is 3.88. The normalized spacial score (nSPS) is 12.5. The van der Waals surface area contributed by atoms with Crippen LogP contribution in [-0.4, -0.2) is 17.1 Å². The number of nitrogens with zero attached hydrogens (tertiary/aromatic N) is 1. The van der Waals surface area contributed by atoms with Crippen LogP contribution in [0.25, 0.3) is 11.0 Å². The standard InChI is InChI=1S/C17H19N3O/c1-12(13-7-9-14(21-2)10-8-13)18-11-17-19-15-5-3-4-6-16(15)20-17/h3-10,12,18H,11H2,1-2H3,(H,19,20). The summed E-state index contributed by atoms with van der Waals surface area (Å²) < 4.78 is 5.18. The highest BCUT2D eigenvalue weighted by Gasteiger charge is 2.07. The summed E-state index contributed by atoms with van der Waals surface area (Å²) in [7, 11) is 1.68. The van der Waals surface area contributed by atoms with Crippen LogP contribution < -0.4 is 10.1 Å².